The predicted molar refractivity (Wildman–Crippen MR) is 101 cm³/mol. The highest BCUT2D eigenvalue weighted by Gasteiger charge is 2.48. The Morgan fingerprint density at radius 2 is 1.42 bits per heavy atom. The standard InChI is InChI=1S/C21H13ClN2O2/c22-13-6-5-7-14(12-13)23-19-15-8-1-2-9-16(15)20(25)24(19)18-11-4-3-10-17(18)21(23)26/h1-12,19H/t19-/m1/s1. The second-order valence-electron chi connectivity index (χ2n) is 6.31. The Morgan fingerprint density at radius 3 is 2.23 bits per heavy atom. The summed E-state index contributed by atoms with van der Waals surface area (Å²) in [5.41, 5.74) is 3.25. The molecule has 0 aliphatic carbocycles. The molecule has 0 N–H and O–H groups in total. The maximum Gasteiger partial charge on any atom is 0.262 e. The molecule has 5 rings (SSSR count). The van der Waals surface area contributed by atoms with E-state index in [-0.39, 0.29) is 11.8 Å². The van der Waals surface area contributed by atoms with Crippen molar-refractivity contribution < 1.29 is 9.59 Å². The molecule has 2 amide bonds. The molecule has 0 fully saturated rings. The zero-order valence-corrected chi connectivity index (χ0v) is 14.4. The van der Waals surface area contributed by atoms with Gasteiger partial charge in [-0.3, -0.25) is 19.4 Å². The van der Waals surface area contributed by atoms with Crippen molar-refractivity contribution in [3.8, 4) is 0 Å². The highest BCUT2D eigenvalue weighted by atomic mass is 35.5. The van der Waals surface area contributed by atoms with Crippen LogP contribution in [-0.2, 0) is 0 Å². The van der Waals surface area contributed by atoms with E-state index in [1.165, 1.54) is 0 Å². The summed E-state index contributed by atoms with van der Waals surface area (Å²) in [6, 6.07) is 21.8. The molecule has 0 saturated carbocycles. The zero-order chi connectivity index (χ0) is 17.8. The van der Waals surface area contributed by atoms with Crippen LogP contribution in [-0.4, -0.2) is 11.8 Å². The van der Waals surface area contributed by atoms with E-state index in [2.05, 4.69) is 0 Å². The van der Waals surface area contributed by atoms with E-state index in [0.717, 1.165) is 5.56 Å². The first kappa shape index (κ1) is 15.2. The summed E-state index contributed by atoms with van der Waals surface area (Å²) in [6.07, 6.45) is -0.514. The van der Waals surface area contributed by atoms with Crippen molar-refractivity contribution in [1.82, 2.24) is 0 Å². The van der Waals surface area contributed by atoms with Crippen LogP contribution < -0.4 is 9.80 Å². The molecule has 0 saturated heterocycles. The fourth-order valence-electron chi connectivity index (χ4n) is 3.78. The number of benzene rings is 3. The molecule has 3 aromatic carbocycles. The molecule has 0 bridgehead atoms. The molecular weight excluding hydrogens is 348 g/mol. The van der Waals surface area contributed by atoms with Crippen LogP contribution in [0.4, 0.5) is 11.4 Å². The molecule has 1 atom stereocenters. The molecule has 0 radical (unpaired) electrons. The number of amides is 2. The Labute approximate surface area is 155 Å². The van der Waals surface area contributed by atoms with E-state index < -0.39 is 6.17 Å². The van der Waals surface area contributed by atoms with Crippen LogP contribution in [0.3, 0.4) is 0 Å². The number of carbonyl (C=O) groups excluding carboxylic acids is 2. The summed E-state index contributed by atoms with van der Waals surface area (Å²) in [6.45, 7) is 0. The first-order chi connectivity index (χ1) is 12.7. The monoisotopic (exact) mass is 360 g/mol. The largest absolute Gasteiger partial charge is 0.282 e. The molecule has 126 valence electrons. The van der Waals surface area contributed by atoms with Gasteiger partial charge in [0, 0.05) is 21.8 Å². The van der Waals surface area contributed by atoms with Gasteiger partial charge in [-0.2, -0.15) is 0 Å². The second kappa shape index (κ2) is 5.44. The van der Waals surface area contributed by atoms with Crippen molar-refractivity contribution in [2.24, 2.45) is 0 Å². The molecule has 3 aromatic rings. The Bertz CT molecular complexity index is 1080. The highest BCUT2D eigenvalue weighted by molar-refractivity contribution is 6.31. The van der Waals surface area contributed by atoms with Crippen molar-refractivity contribution in [3.05, 3.63) is 94.5 Å². The van der Waals surface area contributed by atoms with Gasteiger partial charge < -0.3 is 0 Å². The number of anilines is 2. The van der Waals surface area contributed by atoms with Crippen LogP contribution >= 0.6 is 11.6 Å². The molecule has 5 heteroatoms. The van der Waals surface area contributed by atoms with Gasteiger partial charge in [-0.15, -0.1) is 0 Å². The van der Waals surface area contributed by atoms with Gasteiger partial charge >= 0.3 is 0 Å². The third-order valence-electron chi connectivity index (χ3n) is 4.88. The van der Waals surface area contributed by atoms with Crippen molar-refractivity contribution >= 4 is 34.8 Å². The molecule has 0 unspecified atom stereocenters. The van der Waals surface area contributed by atoms with Gasteiger partial charge in [0.1, 0.15) is 6.17 Å². The Kier molecular flexibility index (Phi) is 3.18. The van der Waals surface area contributed by atoms with Crippen molar-refractivity contribution in [1.29, 1.82) is 0 Å². The van der Waals surface area contributed by atoms with Gasteiger partial charge in [0.25, 0.3) is 11.8 Å². The van der Waals surface area contributed by atoms with Gasteiger partial charge in [-0.1, -0.05) is 48.0 Å². The van der Waals surface area contributed by atoms with Crippen molar-refractivity contribution in [2.45, 2.75) is 6.17 Å². The number of fused-ring (bicyclic) bond motifs is 5. The van der Waals surface area contributed by atoms with Crippen molar-refractivity contribution in [3.63, 3.8) is 0 Å². The zero-order valence-electron chi connectivity index (χ0n) is 13.6. The Morgan fingerprint density at radius 1 is 0.731 bits per heavy atom. The highest BCUT2D eigenvalue weighted by Crippen LogP contribution is 2.46. The smallest absolute Gasteiger partial charge is 0.262 e. The normalized spacial score (nSPS) is 17.8. The van der Waals surface area contributed by atoms with E-state index in [1.54, 1.807) is 46.2 Å². The average Bonchev–Trinajstić information content (AvgIpc) is 2.96. The van der Waals surface area contributed by atoms with Gasteiger partial charge in [0.2, 0.25) is 0 Å². The molecule has 2 aliphatic rings. The minimum absolute atomic E-state index is 0.0995. The first-order valence-electron chi connectivity index (χ1n) is 8.27. The molecule has 26 heavy (non-hydrogen) atoms. The Balaban J connectivity index is 1.80. The predicted octanol–water partition coefficient (Wildman–Crippen LogP) is 4.66. The van der Waals surface area contributed by atoms with Gasteiger partial charge in [0.05, 0.1) is 11.3 Å². The number of halogens is 1. The topological polar surface area (TPSA) is 40.6 Å². The van der Waals surface area contributed by atoms with Gasteiger partial charge in [0.15, 0.2) is 0 Å². The summed E-state index contributed by atoms with van der Waals surface area (Å²) in [4.78, 5) is 29.8. The molecule has 2 heterocycles. The molecule has 2 aliphatic heterocycles. The van der Waals surface area contributed by atoms with Crippen LogP contribution in [0.2, 0.25) is 5.02 Å². The fourth-order valence-corrected chi connectivity index (χ4v) is 3.97. The number of carbonyl (C=O) groups is 2. The van der Waals surface area contributed by atoms with Gasteiger partial charge in [-0.25, -0.2) is 0 Å². The number of para-hydroxylation sites is 1. The second-order valence-corrected chi connectivity index (χ2v) is 6.74. The molecule has 0 spiro atoms. The summed E-state index contributed by atoms with van der Waals surface area (Å²) in [5.74, 6) is -0.244. The summed E-state index contributed by atoms with van der Waals surface area (Å²) in [7, 11) is 0. The van der Waals surface area contributed by atoms with E-state index >= 15 is 0 Å². The summed E-state index contributed by atoms with van der Waals surface area (Å²) < 4.78 is 0. The molecular formula is C21H13ClN2O2. The minimum atomic E-state index is -0.514. The van der Waals surface area contributed by atoms with E-state index in [4.69, 9.17) is 11.6 Å². The lowest BCUT2D eigenvalue weighted by Crippen LogP contribution is -2.48. The average molecular weight is 361 g/mol. The number of nitrogens with zero attached hydrogens (tertiary/aromatic N) is 2. The summed E-state index contributed by atoms with van der Waals surface area (Å²) >= 11 is 6.17. The van der Waals surface area contributed by atoms with Crippen LogP contribution in [0.25, 0.3) is 0 Å². The third-order valence-corrected chi connectivity index (χ3v) is 5.11. The molecule has 0 aromatic heterocycles. The van der Waals surface area contributed by atoms with E-state index in [0.29, 0.717) is 27.5 Å². The number of hydrogen-bond donors (Lipinski definition) is 0. The first-order valence-corrected chi connectivity index (χ1v) is 8.65. The van der Waals surface area contributed by atoms with Crippen LogP contribution in [0, 0.1) is 0 Å². The SMILES string of the molecule is O=C1c2ccccc2N2C(=O)c3ccccc3[C@@H]2N1c1cccc(Cl)c1. The lowest BCUT2D eigenvalue weighted by atomic mass is 10.0. The lowest BCUT2D eigenvalue weighted by molar-refractivity contribution is 0.0949. The summed E-state index contributed by atoms with van der Waals surface area (Å²) in [5, 5.41) is 0.540. The van der Waals surface area contributed by atoms with Crippen LogP contribution in [0.5, 0.6) is 0 Å². The molecule has 4 nitrogen and oxygen atoms in total. The van der Waals surface area contributed by atoms with Gasteiger partial charge in [-0.05, 0) is 36.4 Å². The number of hydrogen-bond acceptors (Lipinski definition) is 2. The quantitative estimate of drug-likeness (QED) is 0.633. The maximum atomic E-state index is 13.3. The van der Waals surface area contributed by atoms with Crippen LogP contribution in [0.15, 0.2) is 72.8 Å². The maximum absolute atomic E-state index is 13.3. The Hall–Kier alpha value is -3.11. The van der Waals surface area contributed by atoms with E-state index in [1.807, 2.05) is 36.4 Å². The van der Waals surface area contributed by atoms with E-state index in [9.17, 15) is 9.59 Å². The van der Waals surface area contributed by atoms with Crippen LogP contribution in [0.1, 0.15) is 32.4 Å². The number of rotatable bonds is 1. The fraction of sp³-hybridized carbons (Fsp3) is 0.0476. The lowest BCUT2D eigenvalue weighted by Gasteiger charge is -2.40. The van der Waals surface area contributed by atoms with Crippen molar-refractivity contribution in [2.75, 3.05) is 9.80 Å². The minimum Gasteiger partial charge on any atom is -0.282 e. The third kappa shape index (κ3) is 1.96.